The molecule has 0 unspecified atom stereocenters. The standard InChI is InChI=1S/C15H18N4O4S/c1-10-8-11(2)19(18-10)9-14(20)16-17-15(21)12-4-6-13(7-5-12)24(3,22)23/h4-8H,9H2,1-3H3,(H,16,20)(H,17,21). The van der Waals surface area contributed by atoms with Crippen molar-refractivity contribution < 1.29 is 18.0 Å². The Labute approximate surface area is 139 Å². The lowest BCUT2D eigenvalue weighted by Gasteiger charge is -2.08. The summed E-state index contributed by atoms with van der Waals surface area (Å²) < 4.78 is 24.3. The molecule has 2 aromatic rings. The van der Waals surface area contributed by atoms with E-state index in [4.69, 9.17) is 0 Å². The maximum atomic E-state index is 11.9. The van der Waals surface area contributed by atoms with E-state index >= 15 is 0 Å². The summed E-state index contributed by atoms with van der Waals surface area (Å²) in [6.45, 7) is 3.63. The quantitative estimate of drug-likeness (QED) is 0.774. The van der Waals surface area contributed by atoms with Crippen LogP contribution in [-0.2, 0) is 21.2 Å². The maximum absolute atomic E-state index is 11.9. The first kappa shape index (κ1) is 17.7. The molecule has 0 spiro atoms. The minimum absolute atomic E-state index is 0.0209. The molecule has 8 nitrogen and oxygen atoms in total. The maximum Gasteiger partial charge on any atom is 0.269 e. The number of benzene rings is 1. The zero-order valence-electron chi connectivity index (χ0n) is 13.5. The van der Waals surface area contributed by atoms with Crippen LogP contribution in [0, 0.1) is 13.8 Å². The SMILES string of the molecule is Cc1cc(C)n(CC(=O)NNC(=O)c2ccc(S(C)(=O)=O)cc2)n1. The van der Waals surface area contributed by atoms with E-state index in [1.807, 2.05) is 19.9 Å². The minimum atomic E-state index is -3.32. The van der Waals surface area contributed by atoms with Gasteiger partial charge < -0.3 is 0 Å². The Hall–Kier alpha value is -2.68. The third-order valence-electron chi connectivity index (χ3n) is 3.26. The van der Waals surface area contributed by atoms with Crippen molar-refractivity contribution in [3.05, 3.63) is 47.3 Å². The van der Waals surface area contributed by atoms with E-state index in [9.17, 15) is 18.0 Å². The van der Waals surface area contributed by atoms with Gasteiger partial charge in [0.2, 0.25) is 0 Å². The Morgan fingerprint density at radius 1 is 1.12 bits per heavy atom. The van der Waals surface area contributed by atoms with Gasteiger partial charge in [-0.15, -0.1) is 0 Å². The number of carbonyl (C=O) groups excluding carboxylic acids is 2. The van der Waals surface area contributed by atoms with Gasteiger partial charge in [0, 0.05) is 17.5 Å². The third-order valence-corrected chi connectivity index (χ3v) is 4.39. The van der Waals surface area contributed by atoms with Crippen molar-refractivity contribution in [1.82, 2.24) is 20.6 Å². The Bertz CT molecular complexity index is 869. The molecule has 1 aromatic carbocycles. The van der Waals surface area contributed by atoms with Gasteiger partial charge in [-0.3, -0.25) is 25.1 Å². The molecule has 24 heavy (non-hydrogen) atoms. The van der Waals surface area contributed by atoms with Crippen molar-refractivity contribution in [1.29, 1.82) is 0 Å². The second-order valence-electron chi connectivity index (χ2n) is 5.38. The van der Waals surface area contributed by atoms with Gasteiger partial charge in [-0.1, -0.05) is 0 Å². The van der Waals surface area contributed by atoms with E-state index in [2.05, 4.69) is 16.0 Å². The Morgan fingerprint density at radius 2 is 1.75 bits per heavy atom. The van der Waals surface area contributed by atoms with Gasteiger partial charge in [-0.2, -0.15) is 5.10 Å². The number of hydrazine groups is 1. The van der Waals surface area contributed by atoms with Crippen LogP contribution in [0.3, 0.4) is 0 Å². The molecule has 2 rings (SSSR count). The summed E-state index contributed by atoms with van der Waals surface area (Å²) in [6.07, 6.45) is 1.08. The Balaban J connectivity index is 1.93. The third kappa shape index (κ3) is 4.42. The molecule has 0 saturated heterocycles. The van der Waals surface area contributed by atoms with E-state index in [1.54, 1.807) is 0 Å². The molecule has 1 aromatic heterocycles. The first-order valence-electron chi connectivity index (χ1n) is 7.07. The number of aryl methyl sites for hydroxylation is 2. The van der Waals surface area contributed by atoms with E-state index < -0.39 is 21.7 Å². The fraction of sp³-hybridized carbons (Fsp3) is 0.267. The molecule has 2 amide bonds. The monoisotopic (exact) mass is 350 g/mol. The second kappa shape index (κ2) is 6.83. The lowest BCUT2D eigenvalue weighted by atomic mass is 10.2. The van der Waals surface area contributed by atoms with Gasteiger partial charge in [0.25, 0.3) is 11.8 Å². The predicted octanol–water partition coefficient (Wildman–Crippen LogP) is 0.365. The largest absolute Gasteiger partial charge is 0.271 e. The Kier molecular flexibility index (Phi) is 5.03. The molecule has 9 heteroatoms. The van der Waals surface area contributed by atoms with Crippen molar-refractivity contribution >= 4 is 21.7 Å². The minimum Gasteiger partial charge on any atom is -0.271 e. The van der Waals surface area contributed by atoms with Gasteiger partial charge in [0.05, 0.1) is 10.6 Å². The molecule has 128 valence electrons. The van der Waals surface area contributed by atoms with Crippen molar-refractivity contribution in [2.24, 2.45) is 0 Å². The van der Waals surface area contributed by atoms with Crippen LogP contribution in [-0.4, -0.2) is 36.3 Å². The van der Waals surface area contributed by atoms with E-state index in [0.29, 0.717) is 0 Å². The molecular weight excluding hydrogens is 332 g/mol. The molecule has 0 fully saturated rings. The molecule has 2 N–H and O–H groups in total. The number of sulfone groups is 1. The van der Waals surface area contributed by atoms with Crippen LogP contribution in [0.4, 0.5) is 0 Å². The number of nitrogens with one attached hydrogen (secondary N) is 2. The molecule has 0 radical (unpaired) electrons. The van der Waals surface area contributed by atoms with Crippen LogP contribution in [0.15, 0.2) is 35.2 Å². The van der Waals surface area contributed by atoms with Crippen LogP contribution >= 0.6 is 0 Å². The number of nitrogens with zero attached hydrogens (tertiary/aromatic N) is 2. The molecule has 0 saturated carbocycles. The van der Waals surface area contributed by atoms with Gasteiger partial charge in [0.1, 0.15) is 6.54 Å². The lowest BCUT2D eigenvalue weighted by Crippen LogP contribution is -2.43. The van der Waals surface area contributed by atoms with Gasteiger partial charge in [-0.25, -0.2) is 8.42 Å². The number of hydrogen-bond acceptors (Lipinski definition) is 5. The van der Waals surface area contributed by atoms with Crippen LogP contribution in [0.1, 0.15) is 21.7 Å². The highest BCUT2D eigenvalue weighted by molar-refractivity contribution is 7.90. The summed E-state index contributed by atoms with van der Waals surface area (Å²) in [5.41, 5.74) is 6.44. The first-order valence-corrected chi connectivity index (χ1v) is 8.96. The second-order valence-corrected chi connectivity index (χ2v) is 7.40. The molecule has 0 aliphatic heterocycles. The summed E-state index contributed by atoms with van der Waals surface area (Å²) in [6, 6.07) is 7.26. The van der Waals surface area contributed by atoms with Crippen LogP contribution in [0.2, 0.25) is 0 Å². The van der Waals surface area contributed by atoms with Crippen molar-refractivity contribution in [3.8, 4) is 0 Å². The average molecular weight is 350 g/mol. The van der Waals surface area contributed by atoms with Crippen LogP contribution in [0.5, 0.6) is 0 Å². The summed E-state index contributed by atoms with van der Waals surface area (Å²) >= 11 is 0. The number of hydrogen-bond donors (Lipinski definition) is 2. The molecule has 0 aliphatic rings. The average Bonchev–Trinajstić information content (AvgIpc) is 2.81. The normalized spacial score (nSPS) is 11.1. The molecule has 0 aliphatic carbocycles. The highest BCUT2D eigenvalue weighted by Crippen LogP contribution is 2.10. The molecule has 1 heterocycles. The van der Waals surface area contributed by atoms with Crippen LogP contribution < -0.4 is 10.9 Å². The first-order chi connectivity index (χ1) is 11.2. The molecular formula is C15H18N4O4S. The lowest BCUT2D eigenvalue weighted by molar-refractivity contribution is -0.122. The van der Waals surface area contributed by atoms with E-state index in [0.717, 1.165) is 17.6 Å². The number of amides is 2. The number of carbonyl (C=O) groups is 2. The van der Waals surface area contributed by atoms with E-state index in [-0.39, 0.29) is 17.0 Å². The van der Waals surface area contributed by atoms with E-state index in [1.165, 1.54) is 28.9 Å². The number of aromatic nitrogens is 2. The fourth-order valence-electron chi connectivity index (χ4n) is 2.06. The summed E-state index contributed by atoms with van der Waals surface area (Å²) in [5.74, 6) is -0.973. The predicted molar refractivity (Wildman–Crippen MR) is 86.9 cm³/mol. The highest BCUT2D eigenvalue weighted by atomic mass is 32.2. The molecule has 0 bridgehead atoms. The summed E-state index contributed by atoms with van der Waals surface area (Å²) in [4.78, 5) is 23.9. The van der Waals surface area contributed by atoms with Gasteiger partial charge in [-0.05, 0) is 44.2 Å². The van der Waals surface area contributed by atoms with Gasteiger partial charge in [0.15, 0.2) is 9.84 Å². The fourth-order valence-corrected chi connectivity index (χ4v) is 2.69. The smallest absolute Gasteiger partial charge is 0.269 e. The topological polar surface area (TPSA) is 110 Å². The number of rotatable bonds is 4. The van der Waals surface area contributed by atoms with Crippen molar-refractivity contribution in [2.45, 2.75) is 25.3 Å². The van der Waals surface area contributed by atoms with Gasteiger partial charge >= 0.3 is 0 Å². The Morgan fingerprint density at radius 3 is 2.25 bits per heavy atom. The van der Waals surface area contributed by atoms with Crippen LogP contribution in [0.25, 0.3) is 0 Å². The summed E-state index contributed by atoms with van der Waals surface area (Å²) in [5, 5.41) is 4.15. The molecule has 0 atom stereocenters. The zero-order chi connectivity index (χ0) is 17.9. The summed E-state index contributed by atoms with van der Waals surface area (Å²) in [7, 11) is -3.32. The highest BCUT2D eigenvalue weighted by Gasteiger charge is 2.11. The zero-order valence-corrected chi connectivity index (χ0v) is 14.3. The van der Waals surface area contributed by atoms with Crippen molar-refractivity contribution in [3.63, 3.8) is 0 Å². The van der Waals surface area contributed by atoms with Crippen molar-refractivity contribution in [2.75, 3.05) is 6.26 Å².